The summed E-state index contributed by atoms with van der Waals surface area (Å²) < 4.78 is 4.45. The first kappa shape index (κ1) is 78.1. The van der Waals surface area contributed by atoms with Crippen molar-refractivity contribution in [3.63, 3.8) is 0 Å². The topological polar surface area (TPSA) is 458 Å². The molecule has 0 amide bonds. The Balaban J connectivity index is -0.0000000145. The maximum atomic E-state index is 10.8. The van der Waals surface area contributed by atoms with Gasteiger partial charge < -0.3 is 91.9 Å². The van der Waals surface area contributed by atoms with Crippen LogP contribution in [-0.2, 0) is 45.6 Å². The van der Waals surface area contributed by atoms with Gasteiger partial charge in [0.25, 0.3) is 0 Å². The minimum absolute atomic E-state index is 0. The van der Waals surface area contributed by atoms with E-state index in [9.17, 15) is 20.4 Å². The molecule has 1 saturated heterocycles. The molecule has 0 spiro atoms. The second kappa shape index (κ2) is 56.7. The van der Waals surface area contributed by atoms with Crippen LogP contribution in [0, 0.1) is 0 Å². The van der Waals surface area contributed by atoms with Crippen molar-refractivity contribution in [3.05, 3.63) is 0 Å². The summed E-state index contributed by atoms with van der Waals surface area (Å²) in [7, 11) is 0. The van der Waals surface area contributed by atoms with E-state index in [-0.39, 0.29) is 91.1 Å². The number of ether oxygens (including phenoxy) is 1. The number of nitrogens with two attached hydrogens (primary N) is 4. The van der Waals surface area contributed by atoms with Crippen LogP contribution < -0.4 is 43.4 Å². The van der Waals surface area contributed by atoms with Crippen molar-refractivity contribution in [2.75, 3.05) is 32.8 Å². The summed E-state index contributed by atoms with van der Waals surface area (Å²) in [5.41, 5.74) is 19.6. The monoisotopic (exact) mass is 636 g/mol. The summed E-state index contributed by atoms with van der Waals surface area (Å²) in [6, 6.07) is 0. The van der Waals surface area contributed by atoms with E-state index < -0.39 is 31.2 Å². The zero-order valence-corrected chi connectivity index (χ0v) is 18.6. The van der Waals surface area contributed by atoms with Gasteiger partial charge in [-0.25, -0.2) is 0 Å². The first-order valence-corrected chi connectivity index (χ1v) is 5.99. The molecule has 19 heteroatoms. The predicted molar refractivity (Wildman–Crippen MR) is 90.8 cm³/mol. The van der Waals surface area contributed by atoms with Crippen LogP contribution in [0.1, 0.15) is 6.42 Å². The van der Waals surface area contributed by atoms with E-state index in [4.69, 9.17) is 22.9 Å². The third-order valence-corrected chi connectivity index (χ3v) is 1.96. The fraction of sp³-hybridized carbons (Fsp3) is 1.00. The van der Waals surface area contributed by atoms with Crippen molar-refractivity contribution >= 4 is 0 Å². The number of hydrogen-bond acceptors (Lipinski definition) is 9. The molecule has 24 N–H and O–H groups in total. The number of rotatable bonds is 4. The molecule has 0 aliphatic carbocycles. The molecule has 0 aromatic heterocycles. The molecule has 17 nitrogen and oxygen atoms in total. The van der Waals surface area contributed by atoms with Crippen molar-refractivity contribution in [1.29, 1.82) is 0 Å². The molecule has 1 rings (SSSR count). The maximum Gasteiger partial charge on any atom is 2.00 e. The van der Waals surface area contributed by atoms with Crippen molar-refractivity contribution in [3.8, 4) is 0 Å². The fourth-order valence-corrected chi connectivity index (χ4v) is 1.06. The second-order valence-corrected chi connectivity index (χ2v) is 3.66. The van der Waals surface area contributed by atoms with Crippen LogP contribution in [0.3, 0.4) is 0 Å². The van der Waals surface area contributed by atoms with Gasteiger partial charge in [-0.05, 0) is 6.29 Å². The van der Waals surface area contributed by atoms with Gasteiger partial charge in [-0.2, -0.15) is 6.61 Å². The second-order valence-electron chi connectivity index (χ2n) is 3.66. The summed E-state index contributed by atoms with van der Waals surface area (Å²) in [6.45, 7) is 1.48. The van der Waals surface area contributed by atoms with Crippen molar-refractivity contribution in [1.82, 2.24) is 0 Å². The van der Waals surface area contributed by atoms with Crippen LogP contribution in [0.5, 0.6) is 0 Å². The van der Waals surface area contributed by atoms with E-state index in [1.807, 2.05) is 0 Å². The first-order valence-electron chi connectivity index (χ1n) is 5.99. The van der Waals surface area contributed by atoms with Gasteiger partial charge >= 0.3 is 40.8 Å². The standard InChI is InChI=1S/C6H8O5.2C2H8N2.8H2O.2Pd/c7-2-4(9)6-3(8)1-5(10)11-6;2*3-1-2-4;;;;;;;;;;/h3-6H,1-2H2;2*1-4H2;8*1H2;;/q-4;;;;;;;;;;;2*+2/t3-,4-,5-,6-;;;;;;;;;;;;/m1............/s1. The zero-order chi connectivity index (χ0) is 15.3. The Bertz CT molecular complexity index is 199. The van der Waals surface area contributed by atoms with E-state index in [2.05, 4.69) is 4.74 Å². The quantitative estimate of drug-likeness (QED) is 0.212. The minimum atomic E-state index is -1.59. The molecule has 0 unspecified atom stereocenters. The SMILES string of the molecule is NCCN.NCCN.O.O.O.O.O.O.O.O.[O-]C[C@@H]([O-])[C@@H]1O[C@@H]([O-])C[C@H]1[O-].[Pd+2].[Pd+2]. The Hall–Kier alpha value is 0.645. The molecule has 1 heterocycles. The zero-order valence-electron chi connectivity index (χ0n) is 15.5. The van der Waals surface area contributed by atoms with Gasteiger partial charge in [0.2, 0.25) is 0 Å². The van der Waals surface area contributed by atoms with Crippen molar-refractivity contribution in [2.24, 2.45) is 22.9 Å². The van der Waals surface area contributed by atoms with E-state index >= 15 is 0 Å². The largest absolute Gasteiger partial charge is 2.00 e. The van der Waals surface area contributed by atoms with Crippen LogP contribution in [-0.4, -0.2) is 101 Å². The van der Waals surface area contributed by atoms with Crippen LogP contribution in [0.15, 0.2) is 0 Å². The Labute approximate surface area is 196 Å². The van der Waals surface area contributed by atoms with Crippen molar-refractivity contribution in [2.45, 2.75) is 31.0 Å². The normalized spacial score (nSPS) is 17.6. The number of hydrogen-bond donors (Lipinski definition) is 4. The Kier molecular flexibility index (Phi) is 153. The maximum absolute atomic E-state index is 10.8. The minimum Gasteiger partial charge on any atom is -0.855 e. The molecule has 0 aromatic carbocycles. The van der Waals surface area contributed by atoms with Crippen LogP contribution in [0.2, 0.25) is 0 Å². The molecule has 198 valence electrons. The third-order valence-electron chi connectivity index (χ3n) is 1.96. The van der Waals surface area contributed by atoms with Gasteiger partial charge in [0.1, 0.15) is 0 Å². The van der Waals surface area contributed by atoms with Crippen LogP contribution in [0.25, 0.3) is 0 Å². The van der Waals surface area contributed by atoms with Gasteiger partial charge in [0.15, 0.2) is 0 Å². The fourth-order valence-electron chi connectivity index (χ4n) is 1.06. The van der Waals surface area contributed by atoms with E-state index in [1.165, 1.54) is 0 Å². The summed E-state index contributed by atoms with van der Waals surface area (Å²) in [4.78, 5) is 0. The summed E-state index contributed by atoms with van der Waals surface area (Å²) in [5.74, 6) is 0. The summed E-state index contributed by atoms with van der Waals surface area (Å²) in [6.07, 6.45) is -5.73. The average molecular weight is 637 g/mol. The molecule has 0 saturated carbocycles. The molecule has 29 heavy (non-hydrogen) atoms. The van der Waals surface area contributed by atoms with E-state index in [0.29, 0.717) is 26.2 Å². The van der Waals surface area contributed by atoms with Gasteiger partial charge in [-0.15, -0.1) is 6.10 Å². The molecular formula is C10H40N4O13Pd2. The Morgan fingerprint density at radius 2 is 1.00 bits per heavy atom. The first-order chi connectivity index (χ1) is 8.98. The molecule has 0 bridgehead atoms. The molecule has 0 aromatic rings. The average Bonchev–Trinajstić information content (AvgIpc) is 2.77. The van der Waals surface area contributed by atoms with Gasteiger partial charge in [0, 0.05) is 32.3 Å². The molecule has 1 aliphatic rings. The molecule has 0 radical (unpaired) electrons. The molecule has 4 atom stereocenters. The predicted octanol–water partition coefficient (Wildman–Crippen LogP) is -13.5. The summed E-state index contributed by atoms with van der Waals surface area (Å²) in [5, 5.41) is 42.0. The van der Waals surface area contributed by atoms with Crippen LogP contribution >= 0.6 is 0 Å². The molecule has 1 fully saturated rings. The van der Waals surface area contributed by atoms with Gasteiger partial charge in [-0.1, -0.05) is 12.5 Å². The van der Waals surface area contributed by atoms with E-state index in [1.54, 1.807) is 0 Å². The summed E-state index contributed by atoms with van der Waals surface area (Å²) >= 11 is 0. The van der Waals surface area contributed by atoms with Crippen LogP contribution in [0.4, 0.5) is 0 Å². The molecular weight excluding hydrogens is 597 g/mol. The van der Waals surface area contributed by atoms with Gasteiger partial charge in [0.05, 0.1) is 0 Å². The molecule has 1 aliphatic heterocycles. The smallest absolute Gasteiger partial charge is 0.855 e. The van der Waals surface area contributed by atoms with Gasteiger partial charge in [-0.3, -0.25) is 0 Å². The Morgan fingerprint density at radius 1 is 0.724 bits per heavy atom. The van der Waals surface area contributed by atoms with Crippen molar-refractivity contribution < 1.29 is 110 Å². The van der Waals surface area contributed by atoms with E-state index in [0.717, 1.165) is 0 Å². The third kappa shape index (κ3) is 47.7. The Morgan fingerprint density at radius 3 is 1.14 bits per heavy atom.